The Labute approximate surface area is 174 Å². The van der Waals surface area contributed by atoms with Gasteiger partial charge in [-0.2, -0.15) is 0 Å². The second-order valence-electron chi connectivity index (χ2n) is 6.72. The number of rotatable bonds is 9. The number of hydrogen-bond donors (Lipinski definition) is 1. The summed E-state index contributed by atoms with van der Waals surface area (Å²) in [7, 11) is 4.41. The van der Waals surface area contributed by atoms with Gasteiger partial charge in [0, 0.05) is 18.0 Å². The number of anilines is 1. The number of hydrogen-bond acceptors (Lipinski definition) is 7. The van der Waals surface area contributed by atoms with Crippen molar-refractivity contribution in [2.45, 2.75) is 26.8 Å². The summed E-state index contributed by atoms with van der Waals surface area (Å²) in [4.78, 5) is 30.5. The first-order valence-corrected chi connectivity index (χ1v) is 10.1. The number of nitrogens with one attached hydrogen (secondary N) is 1. The molecule has 8 nitrogen and oxygen atoms in total. The minimum Gasteiger partial charge on any atom is -0.497 e. The highest BCUT2D eigenvalue weighted by Gasteiger charge is 2.19. The Kier molecular flexibility index (Phi) is 8.26. The van der Waals surface area contributed by atoms with Gasteiger partial charge in [0.1, 0.15) is 16.5 Å². The zero-order valence-electron chi connectivity index (χ0n) is 17.4. The van der Waals surface area contributed by atoms with Crippen molar-refractivity contribution >= 4 is 29.0 Å². The molecule has 1 aromatic heterocycles. The number of carbonyl (C=O) groups is 2. The van der Waals surface area contributed by atoms with Crippen molar-refractivity contribution in [3.05, 3.63) is 34.3 Å². The van der Waals surface area contributed by atoms with Crippen LogP contribution in [0, 0.1) is 5.92 Å². The van der Waals surface area contributed by atoms with Crippen LogP contribution in [0.5, 0.6) is 11.5 Å². The molecule has 0 unspecified atom stereocenters. The van der Waals surface area contributed by atoms with E-state index < -0.39 is 5.97 Å². The molecule has 2 aromatic rings. The van der Waals surface area contributed by atoms with Gasteiger partial charge in [-0.1, -0.05) is 13.8 Å². The number of thiazole rings is 1. The molecule has 0 saturated carbocycles. The average molecular weight is 422 g/mol. The molecule has 158 valence electrons. The minimum atomic E-state index is -0.492. The van der Waals surface area contributed by atoms with E-state index in [1.807, 2.05) is 0 Å². The SMILES string of the molecule is COC(=O)c1csc(CN(CCC(C)C)C(=O)Nc2ccc(OC)cc2OC)n1. The lowest BCUT2D eigenvalue weighted by Crippen LogP contribution is -2.35. The van der Waals surface area contributed by atoms with E-state index in [1.165, 1.54) is 25.6 Å². The number of aromatic nitrogens is 1. The summed E-state index contributed by atoms with van der Waals surface area (Å²) in [6.45, 7) is 5.04. The van der Waals surface area contributed by atoms with Crippen molar-refractivity contribution in [2.24, 2.45) is 5.92 Å². The Morgan fingerprint density at radius 3 is 2.59 bits per heavy atom. The molecule has 2 amide bonds. The Hall–Kier alpha value is -2.81. The lowest BCUT2D eigenvalue weighted by atomic mass is 10.1. The first-order chi connectivity index (χ1) is 13.9. The van der Waals surface area contributed by atoms with Crippen LogP contribution in [-0.2, 0) is 11.3 Å². The largest absolute Gasteiger partial charge is 0.497 e. The van der Waals surface area contributed by atoms with Crippen LogP contribution in [0.1, 0.15) is 35.8 Å². The third kappa shape index (κ3) is 6.35. The topological polar surface area (TPSA) is 90.0 Å². The van der Waals surface area contributed by atoms with Gasteiger partial charge in [0.25, 0.3) is 0 Å². The number of benzene rings is 1. The maximum Gasteiger partial charge on any atom is 0.357 e. The fraction of sp³-hybridized carbons (Fsp3) is 0.450. The molecule has 2 rings (SSSR count). The predicted molar refractivity (Wildman–Crippen MR) is 112 cm³/mol. The average Bonchev–Trinajstić information content (AvgIpc) is 3.19. The number of urea groups is 1. The molecule has 0 saturated heterocycles. The second-order valence-corrected chi connectivity index (χ2v) is 7.66. The molecule has 0 bridgehead atoms. The highest BCUT2D eigenvalue weighted by atomic mass is 32.1. The summed E-state index contributed by atoms with van der Waals surface area (Å²) in [5, 5.41) is 5.18. The molecular formula is C20H27N3O5S. The number of amides is 2. The molecule has 29 heavy (non-hydrogen) atoms. The molecule has 0 spiro atoms. The quantitative estimate of drug-likeness (QED) is 0.615. The lowest BCUT2D eigenvalue weighted by molar-refractivity contribution is 0.0594. The molecule has 0 aliphatic heterocycles. The van der Waals surface area contributed by atoms with Gasteiger partial charge in [-0.25, -0.2) is 14.6 Å². The van der Waals surface area contributed by atoms with Gasteiger partial charge in [0.05, 0.1) is 33.6 Å². The van der Waals surface area contributed by atoms with Gasteiger partial charge < -0.3 is 24.4 Å². The number of nitrogens with zero attached hydrogens (tertiary/aromatic N) is 2. The standard InChI is InChI=1S/C20H27N3O5S/c1-13(2)8-9-23(11-18-21-16(12-29-18)19(24)28-5)20(25)22-15-7-6-14(26-3)10-17(15)27-4/h6-7,10,12-13H,8-9,11H2,1-5H3,(H,22,25). The zero-order valence-corrected chi connectivity index (χ0v) is 18.2. The van der Waals surface area contributed by atoms with Crippen molar-refractivity contribution in [1.82, 2.24) is 9.88 Å². The van der Waals surface area contributed by atoms with E-state index in [0.717, 1.165) is 6.42 Å². The Balaban J connectivity index is 2.17. The molecule has 0 aliphatic rings. The van der Waals surface area contributed by atoms with Gasteiger partial charge in [-0.15, -0.1) is 11.3 Å². The van der Waals surface area contributed by atoms with Gasteiger partial charge in [0.2, 0.25) is 0 Å². The summed E-state index contributed by atoms with van der Waals surface area (Å²) in [6, 6.07) is 4.91. The third-order valence-corrected chi connectivity index (χ3v) is 5.02. The molecule has 1 aromatic carbocycles. The molecule has 9 heteroatoms. The summed E-state index contributed by atoms with van der Waals surface area (Å²) in [5.74, 6) is 1.08. The summed E-state index contributed by atoms with van der Waals surface area (Å²) < 4.78 is 15.2. The van der Waals surface area contributed by atoms with Crippen LogP contribution >= 0.6 is 11.3 Å². The lowest BCUT2D eigenvalue weighted by Gasteiger charge is -2.23. The van der Waals surface area contributed by atoms with E-state index >= 15 is 0 Å². The molecule has 0 fully saturated rings. The van der Waals surface area contributed by atoms with Crippen LogP contribution in [-0.4, -0.2) is 49.8 Å². The maximum absolute atomic E-state index is 13.0. The van der Waals surface area contributed by atoms with Crippen LogP contribution in [0.2, 0.25) is 0 Å². The smallest absolute Gasteiger partial charge is 0.357 e. The van der Waals surface area contributed by atoms with Crippen LogP contribution in [0.3, 0.4) is 0 Å². The van der Waals surface area contributed by atoms with Crippen molar-refractivity contribution in [2.75, 3.05) is 33.2 Å². The predicted octanol–water partition coefficient (Wildman–Crippen LogP) is 4.03. The summed E-state index contributed by atoms with van der Waals surface area (Å²) in [5.41, 5.74) is 0.788. The summed E-state index contributed by atoms with van der Waals surface area (Å²) in [6.07, 6.45) is 0.836. The van der Waals surface area contributed by atoms with Crippen LogP contribution < -0.4 is 14.8 Å². The van der Waals surface area contributed by atoms with E-state index in [1.54, 1.807) is 35.6 Å². The fourth-order valence-electron chi connectivity index (χ4n) is 2.51. The van der Waals surface area contributed by atoms with Crippen molar-refractivity contribution in [3.8, 4) is 11.5 Å². The normalized spacial score (nSPS) is 10.6. The van der Waals surface area contributed by atoms with E-state index in [0.29, 0.717) is 41.2 Å². The third-order valence-electron chi connectivity index (χ3n) is 4.19. The van der Waals surface area contributed by atoms with Gasteiger partial charge in [-0.05, 0) is 24.5 Å². The van der Waals surface area contributed by atoms with E-state index in [4.69, 9.17) is 14.2 Å². The second kappa shape index (κ2) is 10.7. The number of methoxy groups -OCH3 is 3. The Morgan fingerprint density at radius 2 is 1.97 bits per heavy atom. The molecule has 0 atom stereocenters. The Bertz CT molecular complexity index is 837. The van der Waals surface area contributed by atoms with Crippen LogP contribution in [0.4, 0.5) is 10.5 Å². The highest BCUT2D eigenvalue weighted by molar-refractivity contribution is 7.09. The first-order valence-electron chi connectivity index (χ1n) is 9.18. The molecule has 1 heterocycles. The van der Waals surface area contributed by atoms with Crippen molar-refractivity contribution < 1.29 is 23.8 Å². The number of carbonyl (C=O) groups excluding carboxylic acids is 2. The van der Waals surface area contributed by atoms with Gasteiger partial charge >= 0.3 is 12.0 Å². The first kappa shape index (κ1) is 22.5. The number of esters is 1. The van der Waals surface area contributed by atoms with Crippen LogP contribution in [0.25, 0.3) is 0 Å². The summed E-state index contributed by atoms with van der Waals surface area (Å²) >= 11 is 1.32. The van der Waals surface area contributed by atoms with Crippen molar-refractivity contribution in [1.29, 1.82) is 0 Å². The number of ether oxygens (including phenoxy) is 3. The van der Waals surface area contributed by atoms with E-state index in [9.17, 15) is 9.59 Å². The minimum absolute atomic E-state index is 0.244. The van der Waals surface area contributed by atoms with Crippen molar-refractivity contribution in [3.63, 3.8) is 0 Å². The Morgan fingerprint density at radius 1 is 1.21 bits per heavy atom. The highest BCUT2D eigenvalue weighted by Crippen LogP contribution is 2.29. The van der Waals surface area contributed by atoms with Gasteiger partial charge in [-0.3, -0.25) is 0 Å². The molecule has 0 radical (unpaired) electrons. The molecular weight excluding hydrogens is 394 g/mol. The van der Waals surface area contributed by atoms with E-state index in [2.05, 4.69) is 24.1 Å². The molecule has 1 N–H and O–H groups in total. The fourth-order valence-corrected chi connectivity index (χ4v) is 3.29. The zero-order chi connectivity index (χ0) is 21.4. The molecule has 0 aliphatic carbocycles. The van der Waals surface area contributed by atoms with Gasteiger partial charge in [0.15, 0.2) is 5.69 Å². The maximum atomic E-state index is 13.0. The van der Waals surface area contributed by atoms with Crippen LogP contribution in [0.15, 0.2) is 23.6 Å². The monoisotopic (exact) mass is 421 g/mol. The van der Waals surface area contributed by atoms with E-state index in [-0.39, 0.29) is 11.7 Å².